The minimum absolute atomic E-state index is 0.297. The van der Waals surface area contributed by atoms with E-state index in [4.69, 9.17) is 9.94 Å². The van der Waals surface area contributed by atoms with Crippen molar-refractivity contribution in [3.05, 3.63) is 29.8 Å². The molecule has 4 heteroatoms. The second-order valence-electron chi connectivity index (χ2n) is 2.88. The molecule has 1 atom stereocenters. The van der Waals surface area contributed by atoms with Crippen molar-refractivity contribution < 1.29 is 14.7 Å². The molecule has 1 aromatic carbocycles. The van der Waals surface area contributed by atoms with E-state index in [0.29, 0.717) is 6.61 Å². The molecule has 0 unspecified atom stereocenters. The fraction of sp³-hybridized carbons (Fsp3) is 0.222. The molecular weight excluding hydrogens is 170 g/mol. The number of nitrogens with one attached hydrogen (secondary N) is 1. The predicted molar refractivity (Wildman–Crippen MR) is 44.6 cm³/mol. The number of benzene rings is 1. The van der Waals surface area contributed by atoms with Crippen LogP contribution >= 0.6 is 0 Å². The van der Waals surface area contributed by atoms with Crippen LogP contribution in [0, 0.1) is 0 Å². The first-order chi connectivity index (χ1) is 6.33. The van der Waals surface area contributed by atoms with E-state index in [2.05, 4.69) is 0 Å². The zero-order chi connectivity index (χ0) is 9.26. The molecule has 1 aliphatic rings. The molecule has 0 radical (unpaired) electrons. The van der Waals surface area contributed by atoms with Gasteiger partial charge in [0, 0.05) is 5.56 Å². The summed E-state index contributed by atoms with van der Waals surface area (Å²) in [6.45, 7) is 0.297. The number of rotatable bonds is 1. The standard InChI is InChI=1S/C9H9NO3/c11-9(10-12)7-5-13-8-4-2-1-3-6(7)8/h1-4,7,12H,5H2,(H,10,11)/t7-/m0/s1. The summed E-state index contributed by atoms with van der Waals surface area (Å²) in [7, 11) is 0. The van der Waals surface area contributed by atoms with Gasteiger partial charge < -0.3 is 4.74 Å². The topological polar surface area (TPSA) is 58.6 Å². The molecule has 0 spiro atoms. The van der Waals surface area contributed by atoms with Crippen LogP contribution in [0.5, 0.6) is 5.75 Å². The van der Waals surface area contributed by atoms with Gasteiger partial charge in [-0.2, -0.15) is 0 Å². The zero-order valence-electron chi connectivity index (χ0n) is 6.86. The summed E-state index contributed by atoms with van der Waals surface area (Å²) in [5.74, 6) is -0.0951. The average molecular weight is 179 g/mol. The Hall–Kier alpha value is -1.55. The third kappa shape index (κ3) is 1.25. The Morgan fingerprint density at radius 2 is 2.31 bits per heavy atom. The molecule has 2 N–H and O–H groups in total. The quantitative estimate of drug-likeness (QED) is 0.492. The first-order valence-electron chi connectivity index (χ1n) is 3.98. The van der Waals surface area contributed by atoms with Gasteiger partial charge in [0.05, 0.1) is 0 Å². The van der Waals surface area contributed by atoms with Gasteiger partial charge in [0.2, 0.25) is 0 Å². The Labute approximate surface area is 75.1 Å². The summed E-state index contributed by atoms with van der Waals surface area (Å²) >= 11 is 0. The average Bonchev–Trinajstić information content (AvgIpc) is 2.60. The molecule has 0 bridgehead atoms. The van der Waals surface area contributed by atoms with Crippen molar-refractivity contribution >= 4 is 5.91 Å². The highest BCUT2D eigenvalue weighted by Gasteiger charge is 2.29. The lowest BCUT2D eigenvalue weighted by molar-refractivity contribution is -0.130. The lowest BCUT2D eigenvalue weighted by atomic mass is 10.0. The molecular formula is C9H9NO3. The monoisotopic (exact) mass is 179 g/mol. The molecule has 0 aliphatic carbocycles. The number of carbonyl (C=O) groups excluding carboxylic acids is 1. The summed E-state index contributed by atoms with van der Waals surface area (Å²) in [5, 5.41) is 8.47. The maximum atomic E-state index is 11.1. The van der Waals surface area contributed by atoms with Crippen LogP contribution in [0.3, 0.4) is 0 Å². The SMILES string of the molecule is O=C(NO)[C@H]1COc2ccccc21. The van der Waals surface area contributed by atoms with Crippen molar-refractivity contribution in [2.75, 3.05) is 6.61 Å². The van der Waals surface area contributed by atoms with Gasteiger partial charge in [0.1, 0.15) is 18.3 Å². The maximum absolute atomic E-state index is 11.1. The smallest absolute Gasteiger partial charge is 0.254 e. The van der Waals surface area contributed by atoms with Crippen LogP contribution in [0.2, 0.25) is 0 Å². The second kappa shape index (κ2) is 3.06. The highest BCUT2D eigenvalue weighted by molar-refractivity contribution is 5.84. The van der Waals surface area contributed by atoms with Crippen LogP contribution in [-0.2, 0) is 4.79 Å². The minimum atomic E-state index is -0.426. The van der Waals surface area contributed by atoms with Crippen LogP contribution < -0.4 is 10.2 Å². The van der Waals surface area contributed by atoms with Gasteiger partial charge in [0.25, 0.3) is 5.91 Å². The Balaban J connectivity index is 2.33. The highest BCUT2D eigenvalue weighted by atomic mass is 16.5. The summed E-state index contributed by atoms with van der Waals surface area (Å²) in [6.07, 6.45) is 0. The molecule has 68 valence electrons. The van der Waals surface area contributed by atoms with E-state index in [9.17, 15) is 4.79 Å². The van der Waals surface area contributed by atoms with Crippen molar-refractivity contribution in [1.82, 2.24) is 5.48 Å². The van der Waals surface area contributed by atoms with E-state index in [-0.39, 0.29) is 5.92 Å². The number of fused-ring (bicyclic) bond motifs is 1. The number of carbonyl (C=O) groups is 1. The molecule has 1 aromatic rings. The summed E-state index contributed by atoms with van der Waals surface area (Å²) in [5.41, 5.74) is 2.46. The van der Waals surface area contributed by atoms with Gasteiger partial charge in [-0.25, -0.2) is 5.48 Å². The molecule has 4 nitrogen and oxygen atoms in total. The normalized spacial score (nSPS) is 19.0. The molecule has 2 rings (SSSR count). The van der Waals surface area contributed by atoms with Crippen LogP contribution in [0.25, 0.3) is 0 Å². The minimum Gasteiger partial charge on any atom is -0.492 e. The van der Waals surface area contributed by atoms with Crippen molar-refractivity contribution in [3.63, 3.8) is 0 Å². The van der Waals surface area contributed by atoms with Gasteiger partial charge in [-0.15, -0.1) is 0 Å². The van der Waals surface area contributed by atoms with E-state index in [1.54, 1.807) is 11.5 Å². The number of hydrogen-bond acceptors (Lipinski definition) is 3. The van der Waals surface area contributed by atoms with E-state index in [0.717, 1.165) is 11.3 Å². The lowest BCUT2D eigenvalue weighted by Gasteiger charge is -2.04. The van der Waals surface area contributed by atoms with Crippen LogP contribution in [0.4, 0.5) is 0 Å². The molecule has 0 saturated heterocycles. The second-order valence-corrected chi connectivity index (χ2v) is 2.88. The molecule has 1 heterocycles. The third-order valence-corrected chi connectivity index (χ3v) is 2.13. The number of amides is 1. The molecule has 13 heavy (non-hydrogen) atoms. The molecule has 0 fully saturated rings. The van der Waals surface area contributed by atoms with Crippen LogP contribution in [0.1, 0.15) is 11.5 Å². The number of hydroxylamine groups is 1. The summed E-state index contributed by atoms with van der Waals surface area (Å²) < 4.78 is 5.26. The van der Waals surface area contributed by atoms with E-state index < -0.39 is 5.91 Å². The fourth-order valence-electron chi connectivity index (χ4n) is 1.46. The molecule has 1 aliphatic heterocycles. The first kappa shape index (κ1) is 8.07. The van der Waals surface area contributed by atoms with Gasteiger partial charge >= 0.3 is 0 Å². The largest absolute Gasteiger partial charge is 0.492 e. The Morgan fingerprint density at radius 3 is 3.08 bits per heavy atom. The maximum Gasteiger partial charge on any atom is 0.254 e. The predicted octanol–water partition coefficient (Wildman–Crippen LogP) is 0.668. The molecule has 1 amide bonds. The van der Waals surface area contributed by atoms with E-state index in [1.807, 2.05) is 18.2 Å². The van der Waals surface area contributed by atoms with Gasteiger partial charge in [-0.05, 0) is 6.07 Å². The van der Waals surface area contributed by atoms with Crippen molar-refractivity contribution in [1.29, 1.82) is 0 Å². The highest BCUT2D eigenvalue weighted by Crippen LogP contribution is 2.33. The van der Waals surface area contributed by atoms with Crippen molar-refractivity contribution in [3.8, 4) is 5.75 Å². The summed E-state index contributed by atoms with van der Waals surface area (Å²) in [4.78, 5) is 11.1. The van der Waals surface area contributed by atoms with Gasteiger partial charge in [0.15, 0.2) is 0 Å². The van der Waals surface area contributed by atoms with Crippen molar-refractivity contribution in [2.45, 2.75) is 5.92 Å². The Kier molecular flexibility index (Phi) is 1.90. The zero-order valence-corrected chi connectivity index (χ0v) is 6.86. The Bertz CT molecular complexity index is 337. The number of para-hydroxylation sites is 1. The number of ether oxygens (including phenoxy) is 1. The van der Waals surface area contributed by atoms with E-state index >= 15 is 0 Å². The van der Waals surface area contributed by atoms with Gasteiger partial charge in [-0.1, -0.05) is 18.2 Å². The summed E-state index contributed by atoms with van der Waals surface area (Å²) in [6, 6.07) is 7.31. The van der Waals surface area contributed by atoms with Crippen LogP contribution in [0.15, 0.2) is 24.3 Å². The molecule has 0 saturated carbocycles. The third-order valence-electron chi connectivity index (χ3n) is 2.13. The van der Waals surface area contributed by atoms with Gasteiger partial charge in [-0.3, -0.25) is 10.0 Å². The van der Waals surface area contributed by atoms with Crippen molar-refractivity contribution in [2.24, 2.45) is 0 Å². The Morgan fingerprint density at radius 1 is 1.54 bits per heavy atom. The molecule has 0 aromatic heterocycles. The number of hydrogen-bond donors (Lipinski definition) is 2. The fourth-order valence-corrected chi connectivity index (χ4v) is 1.46. The van der Waals surface area contributed by atoms with E-state index in [1.165, 1.54) is 0 Å². The first-order valence-corrected chi connectivity index (χ1v) is 3.98. The van der Waals surface area contributed by atoms with Crippen LogP contribution in [-0.4, -0.2) is 17.7 Å². The lowest BCUT2D eigenvalue weighted by Crippen LogP contribution is -2.27.